The van der Waals surface area contributed by atoms with Gasteiger partial charge in [-0.05, 0) is 44.9 Å². The van der Waals surface area contributed by atoms with Gasteiger partial charge in [-0.25, -0.2) is 4.79 Å². The van der Waals surface area contributed by atoms with E-state index in [9.17, 15) is 4.79 Å². The highest BCUT2D eigenvalue weighted by Crippen LogP contribution is 2.13. The molecule has 1 aromatic carbocycles. The number of nitrogens with zero attached hydrogens (tertiary/aromatic N) is 1. The molecule has 1 rings (SSSR count). The molecule has 0 spiro atoms. The van der Waals surface area contributed by atoms with Gasteiger partial charge < -0.3 is 15.4 Å². The minimum absolute atomic E-state index is 0. The van der Waals surface area contributed by atoms with Crippen LogP contribution in [0.15, 0.2) is 29.3 Å². The summed E-state index contributed by atoms with van der Waals surface area (Å²) in [6, 6.07) is 7.70. The number of guanidine groups is 1. The van der Waals surface area contributed by atoms with Crippen molar-refractivity contribution in [1.82, 2.24) is 10.6 Å². The van der Waals surface area contributed by atoms with Gasteiger partial charge >= 0.3 is 6.09 Å². The Bertz CT molecular complexity index is 510. The number of hydrogen-bond donors (Lipinski definition) is 3. The minimum Gasteiger partial charge on any atom is -0.444 e. The molecule has 130 valence electrons. The molecule has 0 bridgehead atoms. The first-order valence-electron chi connectivity index (χ1n) is 7.31. The van der Waals surface area contributed by atoms with Crippen LogP contribution >= 0.6 is 24.0 Å². The summed E-state index contributed by atoms with van der Waals surface area (Å²) in [4.78, 5) is 15.7. The SMILES string of the molecule is CN=C(NC)NCCc1ccc(NC(=O)OC(C)(C)C)cc1.I. The van der Waals surface area contributed by atoms with Gasteiger partial charge in [0.25, 0.3) is 0 Å². The van der Waals surface area contributed by atoms with Crippen LogP contribution in [0.4, 0.5) is 10.5 Å². The lowest BCUT2D eigenvalue weighted by Crippen LogP contribution is -2.35. The Labute approximate surface area is 155 Å². The molecule has 23 heavy (non-hydrogen) atoms. The van der Waals surface area contributed by atoms with Crippen molar-refractivity contribution in [3.63, 3.8) is 0 Å². The molecule has 0 aromatic heterocycles. The Morgan fingerprint density at radius 3 is 2.30 bits per heavy atom. The predicted octanol–water partition coefficient (Wildman–Crippen LogP) is 2.99. The number of benzene rings is 1. The molecule has 0 heterocycles. The van der Waals surface area contributed by atoms with E-state index in [1.54, 1.807) is 7.05 Å². The van der Waals surface area contributed by atoms with Crippen molar-refractivity contribution in [3.05, 3.63) is 29.8 Å². The van der Waals surface area contributed by atoms with Crippen molar-refractivity contribution in [1.29, 1.82) is 0 Å². The summed E-state index contributed by atoms with van der Waals surface area (Å²) in [7, 11) is 3.56. The van der Waals surface area contributed by atoms with Gasteiger partial charge in [0, 0.05) is 26.3 Å². The van der Waals surface area contributed by atoms with Crippen molar-refractivity contribution in [2.75, 3.05) is 26.0 Å². The van der Waals surface area contributed by atoms with Crippen LogP contribution < -0.4 is 16.0 Å². The number of anilines is 1. The molecule has 0 saturated carbocycles. The van der Waals surface area contributed by atoms with E-state index in [2.05, 4.69) is 20.9 Å². The lowest BCUT2D eigenvalue weighted by Gasteiger charge is -2.19. The summed E-state index contributed by atoms with van der Waals surface area (Å²) in [5.74, 6) is 0.767. The monoisotopic (exact) mass is 434 g/mol. The number of nitrogens with one attached hydrogen (secondary N) is 3. The predicted molar refractivity (Wildman–Crippen MR) is 106 cm³/mol. The van der Waals surface area contributed by atoms with Crippen LogP contribution in [0.2, 0.25) is 0 Å². The Hall–Kier alpha value is -1.51. The zero-order valence-corrected chi connectivity index (χ0v) is 16.7. The largest absolute Gasteiger partial charge is 0.444 e. The molecule has 0 unspecified atom stereocenters. The smallest absolute Gasteiger partial charge is 0.412 e. The zero-order valence-electron chi connectivity index (χ0n) is 14.4. The summed E-state index contributed by atoms with van der Waals surface area (Å²) in [5.41, 5.74) is 1.40. The van der Waals surface area contributed by atoms with E-state index in [-0.39, 0.29) is 24.0 Å². The molecule has 0 radical (unpaired) electrons. The van der Waals surface area contributed by atoms with Gasteiger partial charge in [-0.3, -0.25) is 10.3 Å². The highest BCUT2D eigenvalue weighted by molar-refractivity contribution is 14.0. The molecular formula is C16H27IN4O2. The van der Waals surface area contributed by atoms with E-state index in [4.69, 9.17) is 4.74 Å². The number of carbonyl (C=O) groups excluding carboxylic acids is 1. The van der Waals surface area contributed by atoms with E-state index in [1.807, 2.05) is 52.1 Å². The second-order valence-electron chi connectivity index (χ2n) is 5.82. The first-order valence-corrected chi connectivity index (χ1v) is 7.31. The van der Waals surface area contributed by atoms with Gasteiger partial charge in [-0.2, -0.15) is 0 Å². The quantitative estimate of drug-likeness (QED) is 0.387. The average molecular weight is 434 g/mol. The van der Waals surface area contributed by atoms with E-state index < -0.39 is 11.7 Å². The Morgan fingerprint density at radius 2 is 1.83 bits per heavy atom. The number of halogens is 1. The number of amides is 1. The lowest BCUT2D eigenvalue weighted by molar-refractivity contribution is 0.0636. The molecule has 3 N–H and O–H groups in total. The maximum Gasteiger partial charge on any atom is 0.412 e. The third-order valence-electron chi connectivity index (χ3n) is 2.77. The Kier molecular flexibility index (Phi) is 9.62. The van der Waals surface area contributed by atoms with Crippen molar-refractivity contribution < 1.29 is 9.53 Å². The van der Waals surface area contributed by atoms with Gasteiger partial charge in [0.15, 0.2) is 5.96 Å². The fourth-order valence-electron chi connectivity index (χ4n) is 1.78. The van der Waals surface area contributed by atoms with Crippen molar-refractivity contribution in [3.8, 4) is 0 Å². The summed E-state index contributed by atoms with van der Waals surface area (Å²) in [5, 5.41) is 8.87. The fraction of sp³-hybridized carbons (Fsp3) is 0.500. The summed E-state index contributed by atoms with van der Waals surface area (Å²) in [6.45, 7) is 6.29. The van der Waals surface area contributed by atoms with Gasteiger partial charge in [0.1, 0.15) is 5.60 Å². The lowest BCUT2D eigenvalue weighted by atomic mass is 10.1. The van der Waals surface area contributed by atoms with Crippen LogP contribution in [-0.4, -0.2) is 38.3 Å². The van der Waals surface area contributed by atoms with Crippen LogP contribution in [0.5, 0.6) is 0 Å². The normalized spacial score (nSPS) is 11.3. The Morgan fingerprint density at radius 1 is 1.22 bits per heavy atom. The van der Waals surface area contributed by atoms with Gasteiger partial charge in [-0.15, -0.1) is 24.0 Å². The average Bonchev–Trinajstić information content (AvgIpc) is 2.43. The third-order valence-corrected chi connectivity index (χ3v) is 2.77. The Balaban J connectivity index is 0.00000484. The minimum atomic E-state index is -0.498. The number of ether oxygens (including phenoxy) is 1. The molecule has 0 aliphatic heterocycles. The first-order chi connectivity index (χ1) is 10.3. The molecule has 0 aliphatic carbocycles. The van der Waals surface area contributed by atoms with Crippen LogP contribution in [0.25, 0.3) is 0 Å². The number of rotatable bonds is 4. The van der Waals surface area contributed by atoms with Crippen LogP contribution in [0.1, 0.15) is 26.3 Å². The molecule has 0 saturated heterocycles. The molecule has 0 atom stereocenters. The molecule has 6 nitrogen and oxygen atoms in total. The molecular weight excluding hydrogens is 407 g/mol. The maximum atomic E-state index is 11.7. The second-order valence-corrected chi connectivity index (χ2v) is 5.82. The van der Waals surface area contributed by atoms with Crippen LogP contribution in [0.3, 0.4) is 0 Å². The fourth-order valence-corrected chi connectivity index (χ4v) is 1.78. The van der Waals surface area contributed by atoms with Crippen molar-refractivity contribution >= 4 is 41.7 Å². The molecule has 7 heteroatoms. The van der Waals surface area contributed by atoms with Crippen LogP contribution in [-0.2, 0) is 11.2 Å². The highest BCUT2D eigenvalue weighted by atomic mass is 127. The van der Waals surface area contributed by atoms with Crippen molar-refractivity contribution in [2.24, 2.45) is 4.99 Å². The third kappa shape index (κ3) is 9.27. The van der Waals surface area contributed by atoms with E-state index in [0.29, 0.717) is 0 Å². The first kappa shape index (κ1) is 21.5. The van der Waals surface area contributed by atoms with E-state index in [0.717, 1.165) is 24.6 Å². The number of aliphatic imine (C=N–C) groups is 1. The second kappa shape index (κ2) is 10.3. The molecule has 1 amide bonds. The van der Waals surface area contributed by atoms with Gasteiger partial charge in [0.2, 0.25) is 0 Å². The zero-order chi connectivity index (χ0) is 16.6. The van der Waals surface area contributed by atoms with Gasteiger partial charge in [0.05, 0.1) is 0 Å². The summed E-state index contributed by atoms with van der Waals surface area (Å²) < 4.78 is 5.21. The highest BCUT2D eigenvalue weighted by Gasteiger charge is 2.15. The number of hydrogen-bond acceptors (Lipinski definition) is 3. The van der Waals surface area contributed by atoms with E-state index in [1.165, 1.54) is 5.56 Å². The maximum absolute atomic E-state index is 11.7. The van der Waals surface area contributed by atoms with Gasteiger partial charge in [-0.1, -0.05) is 12.1 Å². The summed E-state index contributed by atoms with van der Waals surface area (Å²) in [6.07, 6.45) is 0.424. The van der Waals surface area contributed by atoms with Crippen LogP contribution in [0, 0.1) is 0 Å². The van der Waals surface area contributed by atoms with E-state index >= 15 is 0 Å². The number of carbonyl (C=O) groups is 1. The molecule has 1 aromatic rings. The molecule has 0 aliphatic rings. The summed E-state index contributed by atoms with van der Waals surface area (Å²) >= 11 is 0. The van der Waals surface area contributed by atoms with Crippen molar-refractivity contribution in [2.45, 2.75) is 32.8 Å². The standard InChI is InChI=1S/C16H26N4O2.HI/c1-16(2,3)22-15(21)20-13-8-6-12(7-9-13)10-11-19-14(17-4)18-5;/h6-9H,10-11H2,1-5H3,(H,20,21)(H2,17,18,19);1H. The molecule has 0 fully saturated rings. The topological polar surface area (TPSA) is 74.8 Å².